The van der Waals surface area contributed by atoms with Gasteiger partial charge in [-0.3, -0.25) is 0 Å². The van der Waals surface area contributed by atoms with E-state index in [4.69, 9.17) is 4.74 Å². The predicted octanol–water partition coefficient (Wildman–Crippen LogP) is 5.50. The van der Waals surface area contributed by atoms with E-state index in [1.54, 1.807) is 35.2 Å². The summed E-state index contributed by atoms with van der Waals surface area (Å²) in [6.07, 6.45) is -1.32. The zero-order valence-electron chi connectivity index (χ0n) is 14.9. The lowest BCUT2D eigenvalue weighted by Crippen LogP contribution is -2.19. The summed E-state index contributed by atoms with van der Waals surface area (Å²) in [6.45, 7) is -1.29. The van der Waals surface area contributed by atoms with Crippen LogP contribution in [-0.4, -0.2) is 27.5 Å². The molecule has 1 fully saturated rings. The fraction of sp³-hybridized carbons (Fsp3) is 0.368. The molecule has 148 valence electrons. The molecule has 2 heterocycles. The molecule has 28 heavy (non-hydrogen) atoms. The van der Waals surface area contributed by atoms with Crippen molar-refractivity contribution in [2.45, 2.75) is 42.4 Å². The van der Waals surface area contributed by atoms with E-state index in [-0.39, 0.29) is 5.75 Å². The minimum Gasteiger partial charge on any atom is -0.484 e. The van der Waals surface area contributed by atoms with E-state index >= 15 is 0 Å². The molecule has 0 aliphatic heterocycles. The molecule has 2 aromatic heterocycles. The Morgan fingerprint density at radius 1 is 1.18 bits per heavy atom. The molecule has 4 nitrogen and oxygen atoms in total. The van der Waals surface area contributed by atoms with Gasteiger partial charge >= 0.3 is 6.18 Å². The molecule has 1 aliphatic carbocycles. The number of hydrogen-bond donors (Lipinski definition) is 0. The monoisotopic (exact) mass is 425 g/mol. The molecule has 0 N–H and O–H groups in total. The van der Waals surface area contributed by atoms with Crippen LogP contribution in [0.3, 0.4) is 0 Å². The number of hydrogen-bond acceptors (Lipinski definition) is 5. The van der Waals surface area contributed by atoms with Gasteiger partial charge in [0.15, 0.2) is 11.8 Å². The summed E-state index contributed by atoms with van der Waals surface area (Å²) in [5.74, 6) is 1.78. The average molecular weight is 426 g/mol. The highest BCUT2D eigenvalue weighted by Crippen LogP contribution is 2.40. The van der Waals surface area contributed by atoms with Gasteiger partial charge < -0.3 is 9.30 Å². The Morgan fingerprint density at radius 3 is 2.75 bits per heavy atom. The molecule has 0 spiro atoms. The number of nitrogens with zero attached hydrogens (tertiary/aromatic N) is 3. The molecule has 4 rings (SSSR count). The first-order valence-corrected chi connectivity index (χ1v) is 10.7. The minimum absolute atomic E-state index is 0.220. The van der Waals surface area contributed by atoms with Gasteiger partial charge in [0.25, 0.3) is 0 Å². The van der Waals surface area contributed by atoms with Crippen molar-refractivity contribution in [3.05, 3.63) is 58.0 Å². The highest BCUT2D eigenvalue weighted by atomic mass is 32.2. The molecule has 1 aromatic carbocycles. The lowest BCUT2D eigenvalue weighted by Gasteiger charge is -2.11. The summed E-state index contributed by atoms with van der Waals surface area (Å²) < 4.78 is 44.0. The molecule has 0 unspecified atom stereocenters. The van der Waals surface area contributed by atoms with Crippen LogP contribution >= 0.6 is 23.1 Å². The number of thiophene rings is 1. The summed E-state index contributed by atoms with van der Waals surface area (Å²) in [6, 6.07) is 11.3. The third-order valence-electron chi connectivity index (χ3n) is 4.23. The molecular formula is C19H18F3N3OS2. The second-order valence-electron chi connectivity index (χ2n) is 6.60. The standard InChI is InChI=1S/C19H18F3N3OS2/c20-19(21,22)12-26-15-4-1-3-13(9-15)11-28-18-24-23-17(25(18)14-6-7-14)10-16-5-2-8-27-16/h1-5,8-9,14H,6-7,10-12H2. The Morgan fingerprint density at radius 2 is 2.04 bits per heavy atom. The molecular weight excluding hydrogens is 407 g/mol. The van der Waals surface area contributed by atoms with E-state index in [0.717, 1.165) is 35.8 Å². The van der Waals surface area contributed by atoms with Gasteiger partial charge in [0.2, 0.25) is 0 Å². The summed E-state index contributed by atoms with van der Waals surface area (Å²) in [4.78, 5) is 1.25. The van der Waals surface area contributed by atoms with Gasteiger partial charge in [-0.25, -0.2) is 0 Å². The van der Waals surface area contributed by atoms with Crippen molar-refractivity contribution in [2.75, 3.05) is 6.61 Å². The molecule has 0 amide bonds. The Hall–Kier alpha value is -2.00. The normalized spacial score (nSPS) is 14.4. The van der Waals surface area contributed by atoms with Crippen LogP contribution in [0.2, 0.25) is 0 Å². The van der Waals surface area contributed by atoms with Crippen LogP contribution in [0.25, 0.3) is 0 Å². The van der Waals surface area contributed by atoms with Crippen LogP contribution in [0.4, 0.5) is 13.2 Å². The molecule has 1 aliphatic rings. The smallest absolute Gasteiger partial charge is 0.422 e. The highest BCUT2D eigenvalue weighted by Gasteiger charge is 2.30. The summed E-state index contributed by atoms with van der Waals surface area (Å²) >= 11 is 3.25. The summed E-state index contributed by atoms with van der Waals surface area (Å²) in [5.41, 5.74) is 0.884. The van der Waals surface area contributed by atoms with Gasteiger partial charge in [-0.05, 0) is 42.0 Å². The third-order valence-corrected chi connectivity index (χ3v) is 6.12. The molecule has 0 radical (unpaired) electrons. The van der Waals surface area contributed by atoms with Crippen molar-refractivity contribution in [3.8, 4) is 5.75 Å². The van der Waals surface area contributed by atoms with Crippen molar-refractivity contribution >= 4 is 23.1 Å². The Bertz CT molecular complexity index is 921. The minimum atomic E-state index is -4.34. The first-order chi connectivity index (χ1) is 13.5. The number of rotatable bonds is 8. The van der Waals surface area contributed by atoms with E-state index in [2.05, 4.69) is 26.2 Å². The zero-order valence-corrected chi connectivity index (χ0v) is 16.5. The van der Waals surface area contributed by atoms with Crippen LogP contribution in [0, 0.1) is 0 Å². The lowest BCUT2D eigenvalue weighted by atomic mass is 10.2. The molecule has 0 atom stereocenters. The topological polar surface area (TPSA) is 39.9 Å². The predicted molar refractivity (Wildman–Crippen MR) is 103 cm³/mol. The summed E-state index contributed by atoms with van der Waals surface area (Å²) in [7, 11) is 0. The molecule has 3 aromatic rings. The number of halogens is 3. The second kappa shape index (κ2) is 8.16. The number of ether oxygens (including phenoxy) is 1. The van der Waals surface area contributed by atoms with Crippen molar-refractivity contribution < 1.29 is 17.9 Å². The largest absolute Gasteiger partial charge is 0.484 e. The van der Waals surface area contributed by atoms with Gasteiger partial charge in [0.1, 0.15) is 11.6 Å². The van der Waals surface area contributed by atoms with Crippen LogP contribution in [0.15, 0.2) is 46.9 Å². The Labute approximate surface area is 168 Å². The van der Waals surface area contributed by atoms with E-state index in [1.165, 1.54) is 10.9 Å². The van der Waals surface area contributed by atoms with E-state index in [9.17, 15) is 13.2 Å². The lowest BCUT2D eigenvalue weighted by molar-refractivity contribution is -0.153. The van der Waals surface area contributed by atoms with Crippen molar-refractivity contribution in [3.63, 3.8) is 0 Å². The highest BCUT2D eigenvalue weighted by molar-refractivity contribution is 7.98. The Kier molecular flexibility index (Phi) is 5.63. The van der Waals surface area contributed by atoms with Crippen LogP contribution < -0.4 is 4.74 Å². The van der Waals surface area contributed by atoms with Crippen molar-refractivity contribution in [2.24, 2.45) is 0 Å². The average Bonchev–Trinajstić information content (AvgIpc) is 3.21. The third kappa shape index (κ3) is 5.08. The second-order valence-corrected chi connectivity index (χ2v) is 8.57. The molecule has 0 saturated heterocycles. The van der Waals surface area contributed by atoms with Crippen LogP contribution in [-0.2, 0) is 12.2 Å². The molecule has 0 bridgehead atoms. The van der Waals surface area contributed by atoms with Gasteiger partial charge in [0.05, 0.1) is 0 Å². The first-order valence-electron chi connectivity index (χ1n) is 8.85. The fourth-order valence-electron chi connectivity index (χ4n) is 2.83. The quantitative estimate of drug-likeness (QED) is 0.447. The van der Waals surface area contributed by atoms with E-state index < -0.39 is 12.8 Å². The van der Waals surface area contributed by atoms with Gasteiger partial charge in [-0.1, -0.05) is 30.0 Å². The van der Waals surface area contributed by atoms with E-state index in [0.29, 0.717) is 11.8 Å². The number of thioether (sulfide) groups is 1. The molecule has 9 heteroatoms. The van der Waals surface area contributed by atoms with Crippen molar-refractivity contribution in [1.82, 2.24) is 14.8 Å². The molecule has 1 saturated carbocycles. The number of benzene rings is 1. The fourth-order valence-corrected chi connectivity index (χ4v) is 4.50. The zero-order chi connectivity index (χ0) is 19.6. The maximum atomic E-state index is 12.3. The maximum absolute atomic E-state index is 12.3. The van der Waals surface area contributed by atoms with E-state index in [1.807, 2.05) is 12.1 Å². The van der Waals surface area contributed by atoms with Crippen molar-refractivity contribution in [1.29, 1.82) is 0 Å². The van der Waals surface area contributed by atoms with Crippen LogP contribution in [0.5, 0.6) is 5.75 Å². The van der Waals surface area contributed by atoms with Gasteiger partial charge in [-0.2, -0.15) is 13.2 Å². The van der Waals surface area contributed by atoms with Crippen LogP contribution in [0.1, 0.15) is 35.1 Å². The maximum Gasteiger partial charge on any atom is 0.422 e. The van der Waals surface area contributed by atoms with Gasteiger partial charge in [0, 0.05) is 23.1 Å². The number of aromatic nitrogens is 3. The Balaban J connectivity index is 1.43. The van der Waals surface area contributed by atoms with Gasteiger partial charge in [-0.15, -0.1) is 21.5 Å². The summed E-state index contributed by atoms with van der Waals surface area (Å²) in [5, 5.41) is 11.7. The SMILES string of the molecule is FC(F)(F)COc1cccc(CSc2nnc(Cc3cccs3)n2C2CC2)c1. The number of alkyl halides is 3. The first kappa shape index (κ1) is 19.3.